The van der Waals surface area contributed by atoms with Crippen molar-refractivity contribution in [3.8, 4) is 11.5 Å². The van der Waals surface area contributed by atoms with Crippen LogP contribution in [0.15, 0.2) is 46.0 Å². The van der Waals surface area contributed by atoms with Crippen molar-refractivity contribution in [2.24, 2.45) is 4.99 Å². The lowest BCUT2D eigenvalue weighted by Gasteiger charge is -2.17. The number of furan rings is 1. The smallest absolute Gasteiger partial charge is 0.387 e. The van der Waals surface area contributed by atoms with Crippen molar-refractivity contribution < 1.29 is 22.7 Å². The van der Waals surface area contributed by atoms with Gasteiger partial charge in [0.25, 0.3) is 0 Å². The van der Waals surface area contributed by atoms with E-state index in [1.165, 1.54) is 0 Å². The van der Waals surface area contributed by atoms with E-state index in [4.69, 9.17) is 9.15 Å². The van der Waals surface area contributed by atoms with Gasteiger partial charge < -0.3 is 24.5 Å². The monoisotopic (exact) mass is 481 g/mol. The average Bonchev–Trinajstić information content (AvgIpc) is 3.10. The summed E-state index contributed by atoms with van der Waals surface area (Å²) in [5.74, 6) is 1.55. The number of hydrogen-bond donors (Lipinski definition) is 2. The molecular weight excluding hydrogens is 459 g/mol. The van der Waals surface area contributed by atoms with E-state index >= 15 is 0 Å². The molecule has 0 bridgehead atoms. The van der Waals surface area contributed by atoms with Gasteiger partial charge in [0.15, 0.2) is 17.5 Å². The molecule has 26 heavy (non-hydrogen) atoms. The summed E-state index contributed by atoms with van der Waals surface area (Å²) in [4.78, 5) is 4.08. The fraction of sp³-hybridized carbons (Fsp3) is 0.353. The van der Waals surface area contributed by atoms with Gasteiger partial charge in [0.2, 0.25) is 0 Å². The van der Waals surface area contributed by atoms with Gasteiger partial charge in [0, 0.05) is 19.2 Å². The van der Waals surface area contributed by atoms with Crippen molar-refractivity contribution in [3.05, 3.63) is 47.9 Å². The number of ether oxygens (including phenoxy) is 2. The number of halogens is 3. The highest BCUT2D eigenvalue weighted by Crippen LogP contribution is 2.32. The summed E-state index contributed by atoms with van der Waals surface area (Å²) in [5.41, 5.74) is 0.534. The summed E-state index contributed by atoms with van der Waals surface area (Å²) >= 11 is 0. The number of alkyl halides is 2. The molecule has 2 aromatic rings. The fourth-order valence-corrected chi connectivity index (χ4v) is 2.18. The fourth-order valence-electron chi connectivity index (χ4n) is 2.18. The van der Waals surface area contributed by atoms with E-state index in [0.717, 1.165) is 5.76 Å². The highest BCUT2D eigenvalue weighted by molar-refractivity contribution is 14.0. The first-order valence-electron chi connectivity index (χ1n) is 7.80. The molecule has 144 valence electrons. The molecule has 0 unspecified atom stereocenters. The molecule has 1 aromatic carbocycles. The lowest BCUT2D eigenvalue weighted by molar-refractivity contribution is -0.0520. The van der Waals surface area contributed by atoms with Crippen LogP contribution in [0.25, 0.3) is 0 Å². The molecule has 0 atom stereocenters. The van der Waals surface area contributed by atoms with E-state index in [1.807, 2.05) is 6.07 Å². The predicted molar refractivity (Wildman–Crippen MR) is 105 cm³/mol. The van der Waals surface area contributed by atoms with Crippen LogP contribution in [0.4, 0.5) is 8.78 Å². The van der Waals surface area contributed by atoms with Crippen LogP contribution in [0.1, 0.15) is 18.2 Å². The molecule has 1 aromatic heterocycles. The number of nitrogens with one attached hydrogen (secondary N) is 2. The van der Waals surface area contributed by atoms with Crippen molar-refractivity contribution in [1.82, 2.24) is 10.6 Å². The van der Waals surface area contributed by atoms with Crippen LogP contribution in [0.5, 0.6) is 11.5 Å². The quantitative estimate of drug-likeness (QED) is 0.342. The van der Waals surface area contributed by atoms with Crippen LogP contribution in [-0.2, 0) is 13.1 Å². The largest absolute Gasteiger partial charge is 0.490 e. The second-order valence-electron chi connectivity index (χ2n) is 4.91. The Kier molecular flexibility index (Phi) is 9.78. The predicted octanol–water partition coefficient (Wildman–Crippen LogP) is 3.76. The zero-order valence-electron chi connectivity index (χ0n) is 14.5. The molecule has 0 saturated heterocycles. The van der Waals surface area contributed by atoms with E-state index in [2.05, 4.69) is 20.4 Å². The first-order chi connectivity index (χ1) is 12.1. The van der Waals surface area contributed by atoms with Crippen LogP contribution >= 0.6 is 24.0 Å². The molecule has 6 nitrogen and oxygen atoms in total. The molecular formula is C17H22F2IN3O3. The number of guanidine groups is 1. The highest BCUT2D eigenvalue weighted by Gasteiger charge is 2.16. The Labute approximate surface area is 168 Å². The Morgan fingerprint density at radius 2 is 1.96 bits per heavy atom. The molecule has 0 aliphatic heterocycles. The van der Waals surface area contributed by atoms with Gasteiger partial charge in [-0.1, -0.05) is 12.1 Å². The van der Waals surface area contributed by atoms with Crippen LogP contribution in [0, 0.1) is 0 Å². The van der Waals surface area contributed by atoms with E-state index < -0.39 is 6.61 Å². The topological polar surface area (TPSA) is 68.0 Å². The number of rotatable bonds is 8. The molecule has 0 fully saturated rings. The van der Waals surface area contributed by atoms with Crippen LogP contribution in [0.3, 0.4) is 0 Å². The molecule has 0 aliphatic carbocycles. The third kappa shape index (κ3) is 6.70. The van der Waals surface area contributed by atoms with Crippen molar-refractivity contribution in [3.63, 3.8) is 0 Å². The molecule has 0 saturated carbocycles. The number of aliphatic imine (C=N–C) groups is 1. The number of nitrogens with zero attached hydrogens (tertiary/aromatic N) is 1. The zero-order valence-corrected chi connectivity index (χ0v) is 16.8. The first-order valence-corrected chi connectivity index (χ1v) is 7.80. The number of para-hydroxylation sites is 1. The summed E-state index contributed by atoms with van der Waals surface area (Å²) < 4.78 is 40.7. The molecule has 0 spiro atoms. The van der Waals surface area contributed by atoms with Gasteiger partial charge in [0.05, 0.1) is 19.4 Å². The third-order valence-corrected chi connectivity index (χ3v) is 3.25. The van der Waals surface area contributed by atoms with Crippen molar-refractivity contribution in [1.29, 1.82) is 0 Å². The van der Waals surface area contributed by atoms with Crippen LogP contribution < -0.4 is 20.1 Å². The Morgan fingerprint density at radius 3 is 2.58 bits per heavy atom. The summed E-state index contributed by atoms with van der Waals surface area (Å²) in [7, 11) is 1.62. The van der Waals surface area contributed by atoms with Crippen molar-refractivity contribution >= 4 is 29.9 Å². The minimum atomic E-state index is -2.93. The summed E-state index contributed by atoms with van der Waals surface area (Å²) in [6, 6.07) is 8.63. The lowest BCUT2D eigenvalue weighted by atomic mass is 10.2. The molecule has 0 amide bonds. The van der Waals surface area contributed by atoms with E-state index in [9.17, 15) is 8.78 Å². The molecule has 0 radical (unpaired) electrons. The Hall–Kier alpha value is -2.04. The maximum Gasteiger partial charge on any atom is 0.387 e. The van der Waals surface area contributed by atoms with Gasteiger partial charge in [0.1, 0.15) is 5.76 Å². The molecule has 1 heterocycles. The minimum Gasteiger partial charge on any atom is -0.490 e. The van der Waals surface area contributed by atoms with Crippen molar-refractivity contribution in [2.75, 3.05) is 13.7 Å². The van der Waals surface area contributed by atoms with Gasteiger partial charge in [-0.3, -0.25) is 4.99 Å². The van der Waals surface area contributed by atoms with E-state index in [1.54, 1.807) is 44.5 Å². The third-order valence-electron chi connectivity index (χ3n) is 3.25. The second kappa shape index (κ2) is 11.6. The average molecular weight is 481 g/mol. The highest BCUT2D eigenvalue weighted by atomic mass is 127. The van der Waals surface area contributed by atoms with Crippen LogP contribution in [0.2, 0.25) is 0 Å². The minimum absolute atomic E-state index is 0. The summed E-state index contributed by atoms with van der Waals surface area (Å²) in [6.07, 6.45) is 1.58. The maximum absolute atomic E-state index is 12.7. The Morgan fingerprint density at radius 1 is 1.19 bits per heavy atom. The van der Waals surface area contributed by atoms with Gasteiger partial charge in [-0.25, -0.2) is 0 Å². The van der Waals surface area contributed by atoms with E-state index in [0.29, 0.717) is 24.7 Å². The van der Waals surface area contributed by atoms with Gasteiger partial charge in [-0.05, 0) is 25.1 Å². The zero-order chi connectivity index (χ0) is 18.1. The molecule has 2 rings (SSSR count). The van der Waals surface area contributed by atoms with Gasteiger partial charge >= 0.3 is 6.61 Å². The van der Waals surface area contributed by atoms with Crippen LogP contribution in [-0.4, -0.2) is 26.2 Å². The maximum atomic E-state index is 12.7. The lowest BCUT2D eigenvalue weighted by Crippen LogP contribution is -2.36. The standard InChI is InChI=1S/C17H21F2N3O3.HI/c1-3-23-14-8-4-6-12(15(14)25-16(18)19)10-21-17(20-2)22-11-13-7-5-9-24-13;/h4-9,16H,3,10-11H2,1-2H3,(H2,20,21,22);1H. The number of hydrogen-bond acceptors (Lipinski definition) is 4. The molecule has 0 aliphatic rings. The molecule has 2 N–H and O–H groups in total. The van der Waals surface area contributed by atoms with E-state index in [-0.39, 0.29) is 42.0 Å². The van der Waals surface area contributed by atoms with Gasteiger partial charge in [-0.15, -0.1) is 24.0 Å². The first kappa shape index (κ1) is 22.0. The Balaban J connectivity index is 0.00000338. The SMILES string of the molecule is CCOc1cccc(CNC(=NC)NCc2ccco2)c1OC(F)F.I. The van der Waals surface area contributed by atoms with Crippen molar-refractivity contribution in [2.45, 2.75) is 26.6 Å². The second-order valence-corrected chi connectivity index (χ2v) is 4.91. The number of benzene rings is 1. The Bertz CT molecular complexity index is 682. The molecule has 9 heteroatoms. The summed E-state index contributed by atoms with van der Waals surface area (Å²) in [6.45, 7) is -0.121. The summed E-state index contributed by atoms with van der Waals surface area (Å²) in [5, 5.41) is 6.11. The normalized spacial score (nSPS) is 11.0. The van der Waals surface area contributed by atoms with Gasteiger partial charge in [-0.2, -0.15) is 8.78 Å².